The lowest BCUT2D eigenvalue weighted by molar-refractivity contribution is -0.116. The van der Waals surface area contributed by atoms with E-state index in [-0.39, 0.29) is 11.8 Å². The Morgan fingerprint density at radius 2 is 2.13 bits per heavy atom. The van der Waals surface area contributed by atoms with Gasteiger partial charge in [0, 0.05) is 57.5 Å². The second-order valence-electron chi connectivity index (χ2n) is 8.01. The molecule has 2 aliphatic heterocycles. The number of fused-ring (bicyclic) bond motifs is 2. The normalized spacial score (nSPS) is 18.8. The van der Waals surface area contributed by atoms with E-state index in [1.54, 1.807) is 7.05 Å². The van der Waals surface area contributed by atoms with Crippen LogP contribution in [-0.4, -0.2) is 46.8 Å². The second-order valence-corrected chi connectivity index (χ2v) is 8.01. The first kappa shape index (κ1) is 20.4. The van der Waals surface area contributed by atoms with Crippen molar-refractivity contribution >= 4 is 17.6 Å². The second kappa shape index (κ2) is 9.73. The number of para-hydroxylation sites is 1. The van der Waals surface area contributed by atoms with E-state index in [0.29, 0.717) is 13.0 Å². The topological polar surface area (TPSA) is 96.2 Å². The van der Waals surface area contributed by atoms with E-state index < -0.39 is 0 Å². The molecule has 8 heteroatoms. The van der Waals surface area contributed by atoms with Crippen molar-refractivity contribution in [3.63, 3.8) is 0 Å². The van der Waals surface area contributed by atoms with Gasteiger partial charge < -0.3 is 20.5 Å². The lowest BCUT2D eigenvalue weighted by atomic mass is 9.90. The Morgan fingerprint density at radius 3 is 3.03 bits per heavy atom. The van der Waals surface area contributed by atoms with E-state index >= 15 is 0 Å². The minimum atomic E-state index is 0.0656. The van der Waals surface area contributed by atoms with Crippen LogP contribution in [0.1, 0.15) is 55.2 Å². The molecule has 0 saturated carbocycles. The lowest BCUT2D eigenvalue weighted by Crippen LogP contribution is -2.41. The van der Waals surface area contributed by atoms with Gasteiger partial charge in [-0.25, -0.2) is 0 Å². The third-order valence-electron chi connectivity index (χ3n) is 5.90. The fourth-order valence-corrected chi connectivity index (χ4v) is 4.31. The number of hydrogen-bond donors (Lipinski definition) is 3. The van der Waals surface area contributed by atoms with E-state index in [2.05, 4.69) is 41.8 Å². The SMILES string of the molecule is CN=C(NCCCc1nnc2n1CCCCC2)NCC1CC(=O)Nc2ccccc21. The first-order valence-electron chi connectivity index (χ1n) is 11.0. The smallest absolute Gasteiger partial charge is 0.225 e. The van der Waals surface area contributed by atoms with Crippen molar-refractivity contribution in [2.24, 2.45) is 4.99 Å². The van der Waals surface area contributed by atoms with Gasteiger partial charge in [0.05, 0.1) is 0 Å². The maximum Gasteiger partial charge on any atom is 0.225 e. The number of anilines is 1. The standard InChI is InChI=1S/C22H31N7O/c1-23-22(25-15-16-14-21(30)26-18-9-5-4-8-17(16)18)24-12-7-11-20-28-27-19-10-3-2-6-13-29(19)20/h4-5,8-9,16H,2-3,6-7,10-15H2,1H3,(H,26,30)(H2,23,24,25). The molecule has 1 aromatic carbocycles. The summed E-state index contributed by atoms with van der Waals surface area (Å²) in [6.07, 6.45) is 7.12. The molecule has 1 amide bonds. The van der Waals surface area contributed by atoms with Crippen LogP contribution in [0.2, 0.25) is 0 Å². The van der Waals surface area contributed by atoms with Crippen molar-refractivity contribution in [3.05, 3.63) is 41.5 Å². The summed E-state index contributed by atoms with van der Waals surface area (Å²) in [7, 11) is 1.77. The Morgan fingerprint density at radius 1 is 1.23 bits per heavy atom. The third kappa shape index (κ3) is 4.80. The quantitative estimate of drug-likeness (QED) is 0.386. The third-order valence-corrected chi connectivity index (χ3v) is 5.90. The molecule has 0 fully saturated rings. The van der Waals surface area contributed by atoms with Crippen molar-refractivity contribution < 1.29 is 4.79 Å². The van der Waals surface area contributed by atoms with Crippen LogP contribution in [0.5, 0.6) is 0 Å². The van der Waals surface area contributed by atoms with Crippen molar-refractivity contribution in [2.45, 2.75) is 57.4 Å². The molecule has 0 bridgehead atoms. The van der Waals surface area contributed by atoms with Gasteiger partial charge >= 0.3 is 0 Å². The number of rotatable bonds is 6. The Labute approximate surface area is 177 Å². The minimum absolute atomic E-state index is 0.0656. The molecule has 1 atom stereocenters. The van der Waals surface area contributed by atoms with Crippen molar-refractivity contribution in [1.82, 2.24) is 25.4 Å². The van der Waals surface area contributed by atoms with Crippen molar-refractivity contribution in [3.8, 4) is 0 Å². The summed E-state index contributed by atoms with van der Waals surface area (Å²) in [6, 6.07) is 8.00. The summed E-state index contributed by atoms with van der Waals surface area (Å²) < 4.78 is 2.31. The van der Waals surface area contributed by atoms with Crippen molar-refractivity contribution in [2.75, 3.05) is 25.5 Å². The molecule has 8 nitrogen and oxygen atoms in total. The fraction of sp³-hybridized carbons (Fsp3) is 0.545. The summed E-state index contributed by atoms with van der Waals surface area (Å²) in [6.45, 7) is 2.52. The zero-order valence-electron chi connectivity index (χ0n) is 17.7. The first-order valence-corrected chi connectivity index (χ1v) is 11.0. The maximum absolute atomic E-state index is 12.0. The van der Waals surface area contributed by atoms with Gasteiger partial charge in [0.25, 0.3) is 0 Å². The molecule has 0 saturated heterocycles. The Bertz CT molecular complexity index is 905. The zero-order chi connectivity index (χ0) is 20.8. The summed E-state index contributed by atoms with van der Waals surface area (Å²) in [5.74, 6) is 3.21. The van der Waals surface area contributed by atoms with E-state index in [4.69, 9.17) is 0 Å². The lowest BCUT2D eigenvalue weighted by Gasteiger charge is -2.26. The average molecular weight is 410 g/mol. The number of benzene rings is 1. The zero-order valence-corrected chi connectivity index (χ0v) is 17.7. The summed E-state index contributed by atoms with van der Waals surface area (Å²) in [4.78, 5) is 16.3. The van der Waals surface area contributed by atoms with E-state index in [9.17, 15) is 4.79 Å². The number of guanidine groups is 1. The molecule has 3 heterocycles. The van der Waals surface area contributed by atoms with Crippen LogP contribution < -0.4 is 16.0 Å². The van der Waals surface area contributed by atoms with Crippen LogP contribution in [0.4, 0.5) is 5.69 Å². The number of amides is 1. The van der Waals surface area contributed by atoms with Crippen molar-refractivity contribution in [1.29, 1.82) is 0 Å². The fourth-order valence-electron chi connectivity index (χ4n) is 4.31. The molecule has 0 aliphatic carbocycles. The van der Waals surface area contributed by atoms with Crippen LogP contribution in [-0.2, 0) is 24.2 Å². The first-order chi connectivity index (χ1) is 14.7. The predicted molar refractivity (Wildman–Crippen MR) is 118 cm³/mol. The number of aromatic nitrogens is 3. The van der Waals surface area contributed by atoms with Crippen LogP contribution >= 0.6 is 0 Å². The number of carbonyl (C=O) groups is 1. The summed E-state index contributed by atoms with van der Waals surface area (Å²) in [5, 5.41) is 18.5. The molecule has 30 heavy (non-hydrogen) atoms. The molecule has 4 rings (SSSR count). The number of aryl methyl sites for hydroxylation is 2. The van der Waals surface area contributed by atoms with E-state index in [1.165, 1.54) is 24.8 Å². The van der Waals surface area contributed by atoms with Gasteiger partial charge in [-0.05, 0) is 30.9 Å². The van der Waals surface area contributed by atoms with Crippen LogP contribution in [0, 0.1) is 0 Å². The number of aliphatic imine (C=N–C) groups is 1. The Balaban J connectivity index is 1.24. The molecule has 2 aliphatic rings. The molecule has 0 spiro atoms. The van der Waals surface area contributed by atoms with E-state index in [0.717, 1.165) is 55.6 Å². The maximum atomic E-state index is 12.0. The molecule has 0 radical (unpaired) electrons. The average Bonchev–Trinajstić information content (AvgIpc) is 2.98. The summed E-state index contributed by atoms with van der Waals surface area (Å²) >= 11 is 0. The number of hydrogen-bond acceptors (Lipinski definition) is 4. The van der Waals surface area contributed by atoms with E-state index in [1.807, 2.05) is 18.2 Å². The van der Waals surface area contributed by atoms with Gasteiger partial charge in [0.2, 0.25) is 5.91 Å². The Hall–Kier alpha value is -2.90. The number of nitrogens with zero attached hydrogens (tertiary/aromatic N) is 4. The number of carbonyl (C=O) groups excluding carboxylic acids is 1. The van der Waals surface area contributed by atoms with Gasteiger partial charge in [0.15, 0.2) is 5.96 Å². The van der Waals surface area contributed by atoms with Gasteiger partial charge in [0.1, 0.15) is 11.6 Å². The highest BCUT2D eigenvalue weighted by molar-refractivity contribution is 5.94. The highest BCUT2D eigenvalue weighted by atomic mass is 16.1. The van der Waals surface area contributed by atoms with Crippen LogP contribution in [0.3, 0.4) is 0 Å². The monoisotopic (exact) mass is 409 g/mol. The van der Waals surface area contributed by atoms with Gasteiger partial charge in [-0.2, -0.15) is 0 Å². The minimum Gasteiger partial charge on any atom is -0.356 e. The van der Waals surface area contributed by atoms with Crippen LogP contribution in [0.25, 0.3) is 0 Å². The predicted octanol–water partition coefficient (Wildman–Crippen LogP) is 2.23. The number of nitrogens with one attached hydrogen (secondary N) is 3. The molecule has 1 aromatic heterocycles. The van der Waals surface area contributed by atoms with Gasteiger partial charge in [-0.15, -0.1) is 10.2 Å². The molecule has 1 unspecified atom stereocenters. The molecule has 160 valence electrons. The molecule has 2 aromatic rings. The molecular weight excluding hydrogens is 378 g/mol. The molecule has 3 N–H and O–H groups in total. The summed E-state index contributed by atoms with van der Waals surface area (Å²) in [5.41, 5.74) is 2.09. The highest BCUT2D eigenvalue weighted by Crippen LogP contribution is 2.31. The van der Waals surface area contributed by atoms with Gasteiger partial charge in [-0.1, -0.05) is 24.6 Å². The highest BCUT2D eigenvalue weighted by Gasteiger charge is 2.24. The largest absolute Gasteiger partial charge is 0.356 e. The van der Waals surface area contributed by atoms with Gasteiger partial charge in [-0.3, -0.25) is 9.79 Å². The van der Waals surface area contributed by atoms with Crippen LogP contribution in [0.15, 0.2) is 29.3 Å². The molecular formula is C22H31N7O. The Kier molecular flexibility index (Phi) is 6.61.